The smallest absolute Gasteiger partial charge is 0.222 e. The van der Waals surface area contributed by atoms with E-state index in [4.69, 9.17) is 4.98 Å². The standard InChI is InChI=1S/C18H24N4O/c1-3-17(23)21-8-10-22(11-9-21)18-16(12-19)15-7-5-4-6-14(15)13(2)20-18/h3-11H2,1-2H3. The van der Waals surface area contributed by atoms with Gasteiger partial charge < -0.3 is 9.80 Å². The average Bonchev–Trinajstić information content (AvgIpc) is 2.61. The van der Waals surface area contributed by atoms with Crippen LogP contribution in [0.15, 0.2) is 0 Å². The molecule has 1 aliphatic heterocycles. The van der Waals surface area contributed by atoms with E-state index in [2.05, 4.69) is 17.9 Å². The lowest BCUT2D eigenvalue weighted by atomic mass is 9.88. The van der Waals surface area contributed by atoms with E-state index in [-0.39, 0.29) is 5.91 Å². The SMILES string of the molecule is CCC(=O)N1CCN(c2nc(C)c3c(c2C#N)CCCC3)CC1. The number of pyridine rings is 1. The van der Waals surface area contributed by atoms with Crippen LogP contribution in [0.3, 0.4) is 0 Å². The molecule has 5 nitrogen and oxygen atoms in total. The molecule has 1 fully saturated rings. The van der Waals surface area contributed by atoms with Crippen LogP contribution in [-0.2, 0) is 17.6 Å². The van der Waals surface area contributed by atoms with Crippen LogP contribution in [0.25, 0.3) is 0 Å². The quantitative estimate of drug-likeness (QED) is 0.840. The molecule has 0 atom stereocenters. The van der Waals surface area contributed by atoms with Crippen LogP contribution < -0.4 is 4.90 Å². The lowest BCUT2D eigenvalue weighted by Crippen LogP contribution is -2.49. The van der Waals surface area contributed by atoms with Crippen LogP contribution in [-0.4, -0.2) is 42.0 Å². The summed E-state index contributed by atoms with van der Waals surface area (Å²) in [4.78, 5) is 20.7. The molecule has 5 heteroatoms. The van der Waals surface area contributed by atoms with E-state index in [1.807, 2.05) is 11.8 Å². The van der Waals surface area contributed by atoms with Gasteiger partial charge in [-0.1, -0.05) is 6.92 Å². The van der Waals surface area contributed by atoms with Gasteiger partial charge in [0.2, 0.25) is 5.91 Å². The first-order valence-electron chi connectivity index (χ1n) is 8.60. The highest BCUT2D eigenvalue weighted by atomic mass is 16.2. The largest absolute Gasteiger partial charge is 0.352 e. The van der Waals surface area contributed by atoms with Gasteiger partial charge in [0, 0.05) is 38.3 Å². The van der Waals surface area contributed by atoms with Crippen LogP contribution >= 0.6 is 0 Å². The molecule has 0 unspecified atom stereocenters. The van der Waals surface area contributed by atoms with Crippen LogP contribution in [0.4, 0.5) is 5.82 Å². The number of aromatic nitrogens is 1. The minimum absolute atomic E-state index is 0.208. The number of hydrogen-bond acceptors (Lipinski definition) is 4. The molecular formula is C18H24N4O. The second-order valence-electron chi connectivity index (χ2n) is 6.39. The molecule has 0 radical (unpaired) electrons. The average molecular weight is 312 g/mol. The molecule has 0 N–H and O–H groups in total. The third-order valence-electron chi connectivity index (χ3n) is 5.05. The van der Waals surface area contributed by atoms with Gasteiger partial charge in [0.1, 0.15) is 11.9 Å². The van der Waals surface area contributed by atoms with Gasteiger partial charge in [-0.25, -0.2) is 4.98 Å². The summed E-state index contributed by atoms with van der Waals surface area (Å²) >= 11 is 0. The van der Waals surface area contributed by atoms with Crippen molar-refractivity contribution < 1.29 is 4.79 Å². The predicted molar refractivity (Wildman–Crippen MR) is 89.4 cm³/mol. The minimum Gasteiger partial charge on any atom is -0.352 e. The number of carbonyl (C=O) groups excluding carboxylic acids is 1. The lowest BCUT2D eigenvalue weighted by Gasteiger charge is -2.36. The Morgan fingerprint density at radius 3 is 2.43 bits per heavy atom. The Labute approximate surface area is 137 Å². The van der Waals surface area contributed by atoms with E-state index in [0.717, 1.165) is 62.5 Å². The normalized spacial score (nSPS) is 17.6. The van der Waals surface area contributed by atoms with Crippen molar-refractivity contribution in [2.45, 2.75) is 46.0 Å². The Morgan fingerprint density at radius 1 is 1.17 bits per heavy atom. The summed E-state index contributed by atoms with van der Waals surface area (Å²) < 4.78 is 0. The van der Waals surface area contributed by atoms with Crippen LogP contribution in [0, 0.1) is 18.3 Å². The fourth-order valence-corrected chi connectivity index (χ4v) is 3.74. The van der Waals surface area contributed by atoms with Crippen molar-refractivity contribution in [3.63, 3.8) is 0 Å². The number of aryl methyl sites for hydroxylation is 1. The van der Waals surface area contributed by atoms with Gasteiger partial charge >= 0.3 is 0 Å². The second-order valence-corrected chi connectivity index (χ2v) is 6.39. The van der Waals surface area contributed by atoms with E-state index in [0.29, 0.717) is 6.42 Å². The highest BCUT2D eigenvalue weighted by molar-refractivity contribution is 5.76. The Kier molecular flexibility index (Phi) is 4.51. The van der Waals surface area contributed by atoms with Crippen molar-refractivity contribution in [1.82, 2.24) is 9.88 Å². The summed E-state index contributed by atoms with van der Waals surface area (Å²) in [5, 5.41) is 9.69. The third-order valence-corrected chi connectivity index (χ3v) is 5.05. The molecular weight excluding hydrogens is 288 g/mol. The van der Waals surface area contributed by atoms with Crippen molar-refractivity contribution in [2.24, 2.45) is 0 Å². The number of fused-ring (bicyclic) bond motifs is 1. The number of rotatable bonds is 2. The van der Waals surface area contributed by atoms with Gasteiger partial charge in [-0.05, 0) is 43.7 Å². The monoisotopic (exact) mass is 312 g/mol. The van der Waals surface area contributed by atoms with E-state index >= 15 is 0 Å². The summed E-state index contributed by atoms with van der Waals surface area (Å²) in [6.07, 6.45) is 4.94. The Hall–Kier alpha value is -2.09. The molecule has 1 amide bonds. The van der Waals surface area contributed by atoms with Crippen molar-refractivity contribution in [3.8, 4) is 6.07 Å². The fourth-order valence-electron chi connectivity index (χ4n) is 3.74. The number of nitrogens with zero attached hydrogens (tertiary/aromatic N) is 4. The summed E-state index contributed by atoms with van der Waals surface area (Å²) in [5.41, 5.74) is 4.34. The molecule has 0 spiro atoms. The van der Waals surface area contributed by atoms with Crippen molar-refractivity contribution >= 4 is 11.7 Å². The maximum Gasteiger partial charge on any atom is 0.222 e. The molecule has 1 aromatic heterocycles. The first kappa shape index (κ1) is 15.8. The van der Waals surface area contributed by atoms with Gasteiger partial charge in [-0.2, -0.15) is 5.26 Å². The molecule has 2 aliphatic rings. The van der Waals surface area contributed by atoms with Gasteiger partial charge in [0.25, 0.3) is 0 Å². The summed E-state index contributed by atoms with van der Waals surface area (Å²) in [7, 11) is 0. The maximum absolute atomic E-state index is 11.8. The fraction of sp³-hybridized carbons (Fsp3) is 0.611. The first-order valence-corrected chi connectivity index (χ1v) is 8.60. The van der Waals surface area contributed by atoms with E-state index < -0.39 is 0 Å². The highest BCUT2D eigenvalue weighted by Crippen LogP contribution is 2.32. The number of hydrogen-bond donors (Lipinski definition) is 0. The zero-order valence-corrected chi connectivity index (χ0v) is 14.1. The number of carbonyl (C=O) groups is 1. The zero-order valence-electron chi connectivity index (χ0n) is 14.1. The lowest BCUT2D eigenvalue weighted by molar-refractivity contribution is -0.131. The summed E-state index contributed by atoms with van der Waals surface area (Å²) in [5.74, 6) is 1.04. The van der Waals surface area contributed by atoms with Gasteiger partial charge in [-0.3, -0.25) is 4.79 Å². The van der Waals surface area contributed by atoms with Crippen molar-refractivity contribution in [2.75, 3.05) is 31.1 Å². The molecule has 1 aromatic rings. The Balaban J connectivity index is 1.88. The molecule has 3 rings (SSSR count). The first-order chi connectivity index (χ1) is 11.2. The van der Waals surface area contributed by atoms with Crippen LogP contribution in [0.2, 0.25) is 0 Å². The molecule has 1 aliphatic carbocycles. The van der Waals surface area contributed by atoms with Crippen molar-refractivity contribution in [1.29, 1.82) is 5.26 Å². The predicted octanol–water partition coefficient (Wildman–Crippen LogP) is 2.20. The molecule has 122 valence electrons. The van der Waals surface area contributed by atoms with Gasteiger partial charge in [0.15, 0.2) is 0 Å². The molecule has 0 saturated carbocycles. The number of piperazine rings is 1. The molecule has 0 bridgehead atoms. The van der Waals surface area contributed by atoms with E-state index in [1.54, 1.807) is 0 Å². The molecule has 2 heterocycles. The van der Waals surface area contributed by atoms with Gasteiger partial charge in [0.05, 0.1) is 5.56 Å². The number of anilines is 1. The number of nitriles is 1. The number of amides is 1. The van der Waals surface area contributed by atoms with Crippen molar-refractivity contribution in [3.05, 3.63) is 22.4 Å². The van der Waals surface area contributed by atoms with E-state index in [1.165, 1.54) is 17.5 Å². The van der Waals surface area contributed by atoms with Crippen LogP contribution in [0.5, 0.6) is 0 Å². The highest BCUT2D eigenvalue weighted by Gasteiger charge is 2.26. The maximum atomic E-state index is 11.8. The Morgan fingerprint density at radius 2 is 1.83 bits per heavy atom. The van der Waals surface area contributed by atoms with Gasteiger partial charge in [-0.15, -0.1) is 0 Å². The second kappa shape index (κ2) is 6.57. The molecule has 23 heavy (non-hydrogen) atoms. The Bertz CT molecular complexity index is 654. The minimum atomic E-state index is 0.208. The zero-order chi connectivity index (χ0) is 16.4. The molecule has 0 aromatic carbocycles. The topological polar surface area (TPSA) is 60.2 Å². The third kappa shape index (κ3) is 2.90. The molecule has 1 saturated heterocycles. The van der Waals surface area contributed by atoms with E-state index in [9.17, 15) is 10.1 Å². The summed E-state index contributed by atoms with van der Waals surface area (Å²) in [6, 6.07) is 2.41. The van der Waals surface area contributed by atoms with Crippen LogP contribution in [0.1, 0.15) is 48.6 Å². The summed E-state index contributed by atoms with van der Waals surface area (Å²) in [6.45, 7) is 6.91.